The van der Waals surface area contributed by atoms with Crippen molar-refractivity contribution in [3.8, 4) is 35.7 Å². The van der Waals surface area contributed by atoms with E-state index in [0.717, 1.165) is 58.4 Å². The van der Waals surface area contributed by atoms with Crippen LogP contribution in [0.4, 0.5) is 0 Å². The van der Waals surface area contributed by atoms with Crippen LogP contribution in [0.1, 0.15) is 163 Å². The van der Waals surface area contributed by atoms with Gasteiger partial charge >= 0.3 is 0 Å². The molecule has 0 amide bonds. The summed E-state index contributed by atoms with van der Waals surface area (Å²) in [7, 11) is 0. The first-order chi connectivity index (χ1) is 26.4. The van der Waals surface area contributed by atoms with E-state index in [1.165, 1.54) is 113 Å². The predicted molar refractivity (Wildman–Crippen MR) is 234 cm³/mol. The van der Waals surface area contributed by atoms with Gasteiger partial charge in [-0.05, 0) is 66.3 Å². The molecule has 0 fully saturated rings. The first-order valence-electron chi connectivity index (χ1n) is 20.6. The van der Waals surface area contributed by atoms with Crippen LogP contribution in [-0.4, -0.2) is 27.9 Å². The van der Waals surface area contributed by atoms with Crippen LogP contribution in [0.2, 0.25) is 0 Å². The third kappa shape index (κ3) is 8.35. The highest BCUT2D eigenvalue weighted by atomic mass is 32.1. The van der Waals surface area contributed by atoms with Crippen molar-refractivity contribution in [1.82, 2.24) is 8.75 Å². The Hall–Kier alpha value is -2.72. The number of ether oxygens (including phenoxy) is 1. The van der Waals surface area contributed by atoms with Crippen LogP contribution in [-0.2, 0) is 5.41 Å². The molecule has 1 aliphatic carbocycles. The van der Waals surface area contributed by atoms with Gasteiger partial charge < -0.3 is 4.74 Å². The average molecular weight is 803 g/mol. The molecule has 0 spiro atoms. The lowest BCUT2D eigenvalue weighted by molar-refractivity contribution is 0.111. The van der Waals surface area contributed by atoms with Crippen molar-refractivity contribution in [3.63, 3.8) is 0 Å². The summed E-state index contributed by atoms with van der Waals surface area (Å²) in [4.78, 5) is 31.1. The zero-order valence-electron chi connectivity index (χ0n) is 33.1. The van der Waals surface area contributed by atoms with Crippen molar-refractivity contribution >= 4 is 69.3 Å². The van der Waals surface area contributed by atoms with E-state index < -0.39 is 0 Å². The topological polar surface area (TPSA) is 69.2 Å². The average Bonchev–Trinajstić information content (AvgIpc) is 4.04. The van der Waals surface area contributed by atoms with Crippen molar-refractivity contribution < 1.29 is 14.3 Å². The number of rotatable bonds is 23. The molecule has 54 heavy (non-hydrogen) atoms. The number of benzene rings is 1. The number of carbonyl (C=O) groups excluding carboxylic acids is 2. The van der Waals surface area contributed by atoms with Crippen LogP contribution in [0.3, 0.4) is 0 Å². The molecule has 0 radical (unpaired) electrons. The van der Waals surface area contributed by atoms with Crippen LogP contribution in [0.15, 0.2) is 30.3 Å². The maximum atomic E-state index is 12.2. The Morgan fingerprint density at radius 1 is 0.667 bits per heavy atom. The SMILES string of the molecule is CCCCC(CC)COc1cc(C=O)sc1-c1cc2c(s1)-c1sc(-c3ccc(C=O)c4nsnc34)cc1C2(CC(CC)CCCC)CC(CC)CCCC. The molecule has 0 saturated heterocycles. The van der Waals surface area contributed by atoms with Gasteiger partial charge in [0.05, 0.1) is 28.1 Å². The molecule has 0 bridgehead atoms. The molecule has 0 N–H and O–H groups in total. The van der Waals surface area contributed by atoms with Crippen molar-refractivity contribution in [2.45, 2.75) is 137 Å². The van der Waals surface area contributed by atoms with Crippen molar-refractivity contribution in [2.75, 3.05) is 6.61 Å². The molecule has 5 aromatic rings. The predicted octanol–water partition coefficient (Wildman–Crippen LogP) is 14.9. The van der Waals surface area contributed by atoms with E-state index in [1.54, 1.807) is 11.3 Å². The molecular weight excluding hydrogens is 745 g/mol. The number of aromatic nitrogens is 2. The number of unbranched alkanes of at least 4 members (excludes halogenated alkanes) is 3. The minimum atomic E-state index is -0.113. The minimum Gasteiger partial charge on any atom is -0.492 e. The van der Waals surface area contributed by atoms with Gasteiger partial charge in [0.15, 0.2) is 12.6 Å². The molecule has 3 unspecified atom stereocenters. The molecule has 4 heterocycles. The quantitative estimate of drug-likeness (QED) is 0.0615. The summed E-state index contributed by atoms with van der Waals surface area (Å²) in [6.45, 7) is 14.6. The third-order valence-electron chi connectivity index (χ3n) is 12.0. The Morgan fingerprint density at radius 3 is 1.81 bits per heavy atom. The number of thiophene rings is 3. The highest BCUT2D eigenvalue weighted by Crippen LogP contribution is 2.63. The van der Waals surface area contributed by atoms with Gasteiger partial charge in [-0.3, -0.25) is 9.59 Å². The van der Waals surface area contributed by atoms with Gasteiger partial charge in [0.1, 0.15) is 16.8 Å². The summed E-state index contributed by atoms with van der Waals surface area (Å²) in [6.07, 6.45) is 18.6. The normalized spacial score (nSPS) is 16.7. The monoisotopic (exact) mass is 802 g/mol. The largest absolute Gasteiger partial charge is 0.492 e. The Morgan fingerprint density at radius 2 is 1.24 bits per heavy atom. The number of hydrogen-bond donors (Lipinski definition) is 0. The maximum absolute atomic E-state index is 12.2. The molecule has 0 saturated carbocycles. The summed E-state index contributed by atoms with van der Waals surface area (Å²) in [5.41, 5.74) is 6.01. The number of carbonyl (C=O) groups is 2. The first-order valence-corrected chi connectivity index (χ1v) is 23.8. The van der Waals surface area contributed by atoms with Gasteiger partial charge in [-0.2, -0.15) is 8.75 Å². The summed E-state index contributed by atoms with van der Waals surface area (Å²) in [5.74, 6) is 2.61. The van der Waals surface area contributed by atoms with Gasteiger partial charge in [-0.1, -0.05) is 118 Å². The van der Waals surface area contributed by atoms with E-state index in [9.17, 15) is 9.59 Å². The molecule has 1 aromatic carbocycles. The van der Waals surface area contributed by atoms with Gasteiger partial charge in [-0.15, -0.1) is 34.0 Å². The number of nitrogens with zero attached hydrogens (tertiary/aromatic N) is 2. The van der Waals surface area contributed by atoms with E-state index in [0.29, 0.717) is 35.4 Å². The molecule has 9 heteroatoms. The summed E-state index contributed by atoms with van der Waals surface area (Å²) in [6, 6.07) is 10.9. The van der Waals surface area contributed by atoms with Crippen LogP contribution >= 0.6 is 45.7 Å². The third-order valence-corrected chi connectivity index (χ3v) is 16.2. The van der Waals surface area contributed by atoms with E-state index in [2.05, 4.69) is 64.1 Å². The summed E-state index contributed by atoms with van der Waals surface area (Å²) in [5, 5.41) is 0. The Labute approximate surface area is 339 Å². The molecule has 4 aromatic heterocycles. The number of aldehydes is 2. The Balaban J connectivity index is 1.53. The summed E-state index contributed by atoms with van der Waals surface area (Å²) < 4.78 is 15.9. The lowest BCUT2D eigenvalue weighted by Gasteiger charge is -2.37. The van der Waals surface area contributed by atoms with Gasteiger partial charge in [0.2, 0.25) is 0 Å². The molecule has 3 atom stereocenters. The molecular formula is C45H58N2O3S4. The zero-order valence-corrected chi connectivity index (χ0v) is 36.4. The fraction of sp³-hybridized carbons (Fsp3) is 0.556. The lowest BCUT2D eigenvalue weighted by Crippen LogP contribution is -2.31. The Bertz CT molecular complexity index is 1980. The number of hydrogen-bond acceptors (Lipinski definition) is 9. The molecule has 1 aliphatic rings. The lowest BCUT2D eigenvalue weighted by atomic mass is 9.65. The maximum Gasteiger partial charge on any atom is 0.160 e. The molecule has 290 valence electrons. The second-order valence-corrected chi connectivity index (χ2v) is 19.2. The minimum absolute atomic E-state index is 0.113. The fourth-order valence-electron chi connectivity index (χ4n) is 8.63. The van der Waals surface area contributed by atoms with Crippen molar-refractivity contribution in [2.24, 2.45) is 17.8 Å². The van der Waals surface area contributed by atoms with Crippen molar-refractivity contribution in [1.29, 1.82) is 0 Å². The molecule has 0 aliphatic heterocycles. The van der Waals surface area contributed by atoms with Crippen molar-refractivity contribution in [3.05, 3.63) is 51.9 Å². The highest BCUT2D eigenvalue weighted by molar-refractivity contribution is 7.28. The number of fused-ring (bicyclic) bond motifs is 4. The van der Waals surface area contributed by atoms with Crippen LogP contribution < -0.4 is 4.74 Å². The van der Waals surface area contributed by atoms with Crippen LogP contribution in [0.25, 0.3) is 41.0 Å². The zero-order chi connectivity index (χ0) is 38.2. The smallest absolute Gasteiger partial charge is 0.160 e. The van der Waals surface area contributed by atoms with E-state index in [1.807, 2.05) is 34.8 Å². The second kappa shape index (κ2) is 18.9. The Kier molecular flexibility index (Phi) is 14.4. The fourth-order valence-corrected chi connectivity index (χ4v) is 12.9. The van der Waals surface area contributed by atoms with E-state index in [4.69, 9.17) is 9.11 Å². The van der Waals surface area contributed by atoms with Crippen LogP contribution in [0, 0.1) is 17.8 Å². The van der Waals surface area contributed by atoms with Gasteiger partial charge in [0, 0.05) is 42.1 Å². The molecule has 6 rings (SSSR count). The van der Waals surface area contributed by atoms with E-state index in [-0.39, 0.29) is 5.41 Å². The standard InChI is InChI=1S/C45H58N2O3S4/c1-7-13-16-29(10-4)24-45(25-30(11-5)17-14-8-2)35-22-38(34-20-19-32(26-48)40-41(34)47-54-46-40)52-42(35)43-36(45)23-39(53-43)44-37(21-33(27-49)51-44)50-28-31(12-6)18-15-9-3/h19-23,26-27,29-31H,7-18,24-25,28H2,1-6H3. The van der Waals surface area contributed by atoms with E-state index >= 15 is 0 Å². The first kappa shape index (κ1) is 40.9. The molecule has 5 nitrogen and oxygen atoms in total. The summed E-state index contributed by atoms with van der Waals surface area (Å²) >= 11 is 6.52. The van der Waals surface area contributed by atoms with Crippen LogP contribution in [0.5, 0.6) is 5.75 Å². The highest BCUT2D eigenvalue weighted by Gasteiger charge is 2.48. The van der Waals surface area contributed by atoms with Gasteiger partial charge in [-0.25, -0.2) is 0 Å². The second-order valence-electron chi connectivity index (χ2n) is 15.5. The van der Waals surface area contributed by atoms with Gasteiger partial charge in [0.25, 0.3) is 0 Å².